The lowest BCUT2D eigenvalue weighted by Gasteiger charge is -2.23. The first kappa shape index (κ1) is 23.7. The maximum Gasteiger partial charge on any atom is 0.191 e. The van der Waals surface area contributed by atoms with E-state index in [4.69, 9.17) is 9.73 Å². The fourth-order valence-corrected chi connectivity index (χ4v) is 4.32. The van der Waals surface area contributed by atoms with Crippen molar-refractivity contribution >= 4 is 41.3 Å². The van der Waals surface area contributed by atoms with Crippen LogP contribution in [-0.4, -0.2) is 62.8 Å². The zero-order valence-electron chi connectivity index (χ0n) is 16.6. The van der Waals surface area contributed by atoms with Gasteiger partial charge in [-0.15, -0.1) is 35.3 Å². The number of likely N-dealkylation sites (tertiary alicyclic amines) is 1. The smallest absolute Gasteiger partial charge is 0.191 e. The Labute approximate surface area is 180 Å². The molecule has 2 unspecified atom stereocenters. The number of thiophene rings is 1. The van der Waals surface area contributed by atoms with E-state index >= 15 is 0 Å². The minimum atomic E-state index is 0. The van der Waals surface area contributed by atoms with Gasteiger partial charge in [-0.2, -0.15) is 0 Å². The summed E-state index contributed by atoms with van der Waals surface area (Å²) < 4.78 is 5.23. The lowest BCUT2D eigenvalue weighted by molar-refractivity contribution is 0.142. The Morgan fingerprint density at radius 1 is 1.46 bits per heavy atom. The van der Waals surface area contributed by atoms with Crippen LogP contribution in [0.2, 0.25) is 0 Å². The molecule has 1 aromatic heterocycles. The maximum atomic E-state index is 5.23. The number of rotatable bonds is 9. The summed E-state index contributed by atoms with van der Waals surface area (Å²) in [6.45, 7) is 11.2. The summed E-state index contributed by atoms with van der Waals surface area (Å²) in [6, 6.07) is 5.33. The highest BCUT2D eigenvalue weighted by molar-refractivity contribution is 14.0. The highest BCUT2D eigenvalue weighted by Crippen LogP contribution is 2.18. The summed E-state index contributed by atoms with van der Waals surface area (Å²) >= 11 is 1.88. The fraction of sp³-hybridized carbons (Fsp3) is 0.737. The Hall–Kier alpha value is -0.380. The molecule has 0 saturated carbocycles. The Balaban J connectivity index is 0.00000338. The van der Waals surface area contributed by atoms with E-state index in [2.05, 4.69) is 48.4 Å². The zero-order valence-corrected chi connectivity index (χ0v) is 19.7. The lowest BCUT2D eigenvalue weighted by Crippen LogP contribution is -2.44. The third kappa shape index (κ3) is 8.10. The quantitative estimate of drug-likeness (QED) is 0.315. The zero-order chi connectivity index (χ0) is 18.1. The fourth-order valence-electron chi connectivity index (χ4n) is 3.30. The number of hydrogen-bond acceptors (Lipinski definition) is 4. The number of ether oxygens (including phenoxy) is 1. The van der Waals surface area contributed by atoms with Crippen molar-refractivity contribution in [2.24, 2.45) is 4.99 Å². The van der Waals surface area contributed by atoms with E-state index in [1.807, 2.05) is 11.3 Å². The van der Waals surface area contributed by atoms with E-state index in [0.29, 0.717) is 12.1 Å². The molecule has 2 rings (SSSR count). The van der Waals surface area contributed by atoms with Crippen LogP contribution in [0.1, 0.15) is 36.4 Å². The van der Waals surface area contributed by atoms with Crippen LogP contribution >= 0.6 is 35.3 Å². The van der Waals surface area contributed by atoms with Crippen LogP contribution < -0.4 is 10.6 Å². The van der Waals surface area contributed by atoms with Gasteiger partial charge in [0.2, 0.25) is 0 Å². The molecule has 1 aromatic rings. The number of guanidine groups is 1. The molecular formula is C19H35IN4OS. The van der Waals surface area contributed by atoms with Gasteiger partial charge in [-0.3, -0.25) is 9.89 Å². The van der Waals surface area contributed by atoms with Gasteiger partial charge in [0.05, 0.1) is 13.2 Å². The van der Waals surface area contributed by atoms with Gasteiger partial charge in [0.15, 0.2) is 5.96 Å². The first-order chi connectivity index (χ1) is 12.1. The molecule has 150 valence electrons. The number of hydrogen-bond donors (Lipinski definition) is 2. The molecule has 0 bridgehead atoms. The predicted molar refractivity (Wildman–Crippen MR) is 123 cm³/mol. The van der Waals surface area contributed by atoms with E-state index in [1.165, 1.54) is 29.1 Å². The van der Waals surface area contributed by atoms with Crippen molar-refractivity contribution in [1.29, 1.82) is 0 Å². The first-order valence-corrected chi connectivity index (χ1v) is 10.3. The molecule has 26 heavy (non-hydrogen) atoms. The highest BCUT2D eigenvalue weighted by Gasteiger charge is 2.23. The molecule has 0 amide bonds. The van der Waals surface area contributed by atoms with Crippen molar-refractivity contribution in [2.45, 2.75) is 52.1 Å². The summed E-state index contributed by atoms with van der Waals surface area (Å²) in [4.78, 5) is 10.2. The summed E-state index contributed by atoms with van der Waals surface area (Å²) in [6.07, 6.45) is 3.53. The monoisotopic (exact) mass is 494 g/mol. The van der Waals surface area contributed by atoms with Crippen LogP contribution in [0, 0.1) is 6.92 Å². The van der Waals surface area contributed by atoms with Crippen LogP contribution in [0.3, 0.4) is 0 Å². The van der Waals surface area contributed by atoms with E-state index in [0.717, 1.165) is 38.6 Å². The molecule has 1 fully saturated rings. The van der Waals surface area contributed by atoms with Crippen LogP contribution in [0.15, 0.2) is 17.1 Å². The third-order valence-corrected chi connectivity index (χ3v) is 5.60. The molecule has 5 nitrogen and oxygen atoms in total. The second-order valence-electron chi connectivity index (χ2n) is 6.81. The standard InChI is InChI=1S/C19H34N4OS.HI/c1-5-20-19(22-15(2)13-18-9-8-16(3)25-18)21-14-17-7-6-10-23(17)11-12-24-4;/h8-9,15,17H,5-7,10-14H2,1-4H3,(H2,20,21,22);1H. The average Bonchev–Trinajstić information content (AvgIpc) is 3.19. The number of methoxy groups -OCH3 is 1. The summed E-state index contributed by atoms with van der Waals surface area (Å²) in [5, 5.41) is 6.95. The number of aryl methyl sites for hydroxylation is 1. The number of nitrogens with one attached hydrogen (secondary N) is 2. The molecule has 2 heterocycles. The van der Waals surface area contributed by atoms with Crippen molar-refractivity contribution in [1.82, 2.24) is 15.5 Å². The van der Waals surface area contributed by atoms with Gasteiger partial charge in [-0.1, -0.05) is 0 Å². The van der Waals surface area contributed by atoms with Crippen LogP contribution in [-0.2, 0) is 11.2 Å². The molecule has 0 spiro atoms. The summed E-state index contributed by atoms with van der Waals surface area (Å²) in [5.41, 5.74) is 0. The minimum absolute atomic E-state index is 0. The molecule has 7 heteroatoms. The van der Waals surface area contributed by atoms with Crippen LogP contribution in [0.5, 0.6) is 0 Å². The maximum absolute atomic E-state index is 5.23. The molecule has 0 aliphatic carbocycles. The number of nitrogens with zero attached hydrogens (tertiary/aromatic N) is 2. The molecule has 1 saturated heterocycles. The highest BCUT2D eigenvalue weighted by atomic mass is 127. The van der Waals surface area contributed by atoms with Gasteiger partial charge >= 0.3 is 0 Å². The van der Waals surface area contributed by atoms with Gasteiger partial charge in [0.1, 0.15) is 0 Å². The van der Waals surface area contributed by atoms with Crippen molar-refractivity contribution in [3.63, 3.8) is 0 Å². The van der Waals surface area contributed by atoms with E-state index < -0.39 is 0 Å². The van der Waals surface area contributed by atoms with Crippen molar-refractivity contribution < 1.29 is 4.74 Å². The van der Waals surface area contributed by atoms with Crippen LogP contribution in [0.25, 0.3) is 0 Å². The second-order valence-corrected chi connectivity index (χ2v) is 8.18. The van der Waals surface area contributed by atoms with Gasteiger partial charge in [-0.05, 0) is 52.3 Å². The molecule has 2 N–H and O–H groups in total. The molecule has 0 aromatic carbocycles. The topological polar surface area (TPSA) is 48.9 Å². The van der Waals surface area contributed by atoms with Crippen molar-refractivity contribution in [3.05, 3.63) is 21.9 Å². The van der Waals surface area contributed by atoms with Gasteiger partial charge < -0.3 is 15.4 Å². The SMILES string of the molecule is CCNC(=NCC1CCCN1CCOC)NC(C)Cc1ccc(C)s1.I. The van der Waals surface area contributed by atoms with Crippen LogP contribution in [0.4, 0.5) is 0 Å². The Morgan fingerprint density at radius 2 is 2.27 bits per heavy atom. The normalized spacial score (nSPS) is 19.2. The molecule has 2 atom stereocenters. The predicted octanol–water partition coefficient (Wildman–Crippen LogP) is 3.27. The molecule has 1 aliphatic rings. The Morgan fingerprint density at radius 3 is 2.92 bits per heavy atom. The van der Waals surface area contributed by atoms with E-state index in [9.17, 15) is 0 Å². The lowest BCUT2D eigenvalue weighted by atomic mass is 10.2. The molecular weight excluding hydrogens is 459 g/mol. The minimum Gasteiger partial charge on any atom is -0.383 e. The Kier molecular flexibility index (Phi) is 11.7. The Bertz CT molecular complexity index is 537. The second kappa shape index (κ2) is 12.9. The van der Waals surface area contributed by atoms with Crippen molar-refractivity contribution in [3.8, 4) is 0 Å². The third-order valence-electron chi connectivity index (χ3n) is 4.57. The van der Waals surface area contributed by atoms with Gasteiger partial charge in [0, 0.05) is 48.5 Å². The van der Waals surface area contributed by atoms with E-state index in [1.54, 1.807) is 7.11 Å². The van der Waals surface area contributed by atoms with Crippen molar-refractivity contribution in [2.75, 3.05) is 39.9 Å². The van der Waals surface area contributed by atoms with E-state index in [-0.39, 0.29) is 24.0 Å². The average molecular weight is 494 g/mol. The first-order valence-electron chi connectivity index (χ1n) is 9.45. The largest absolute Gasteiger partial charge is 0.383 e. The summed E-state index contributed by atoms with van der Waals surface area (Å²) in [7, 11) is 1.77. The number of halogens is 1. The van der Waals surface area contributed by atoms with Gasteiger partial charge in [-0.25, -0.2) is 0 Å². The number of aliphatic imine (C=N–C) groups is 1. The molecule has 1 aliphatic heterocycles. The summed E-state index contributed by atoms with van der Waals surface area (Å²) in [5.74, 6) is 0.932. The van der Waals surface area contributed by atoms with Gasteiger partial charge in [0.25, 0.3) is 0 Å². The molecule has 0 radical (unpaired) electrons.